The summed E-state index contributed by atoms with van der Waals surface area (Å²) >= 11 is 6.04. The molecule has 3 nitrogen and oxygen atoms in total. The van der Waals surface area contributed by atoms with Gasteiger partial charge in [-0.2, -0.15) is 0 Å². The summed E-state index contributed by atoms with van der Waals surface area (Å²) in [5.41, 5.74) is 1.02. The van der Waals surface area contributed by atoms with E-state index in [4.69, 9.17) is 16.3 Å². The van der Waals surface area contributed by atoms with E-state index >= 15 is 0 Å². The second kappa shape index (κ2) is 4.42. The van der Waals surface area contributed by atoms with E-state index in [1.165, 1.54) is 20.7 Å². The molecule has 0 bridgehead atoms. The predicted octanol–water partition coefficient (Wildman–Crippen LogP) is 2.85. The average molecular weight is 286 g/mol. The molecule has 88 valence electrons. The van der Waals surface area contributed by atoms with Crippen LogP contribution in [0.5, 0.6) is 5.75 Å². The molecule has 1 aromatic carbocycles. The molecule has 0 saturated carbocycles. The number of ether oxygens (including phenoxy) is 1. The van der Waals surface area contributed by atoms with Crippen molar-refractivity contribution in [3.05, 3.63) is 49.3 Å². The van der Waals surface area contributed by atoms with Crippen LogP contribution >= 0.6 is 32.3 Å². The molecule has 17 heavy (non-hydrogen) atoms. The maximum absolute atomic E-state index is 11.4. The summed E-state index contributed by atoms with van der Waals surface area (Å²) in [6.45, 7) is 0.425. The van der Waals surface area contributed by atoms with Gasteiger partial charge in [-0.05, 0) is 16.4 Å². The van der Waals surface area contributed by atoms with E-state index in [-0.39, 0.29) is 10.8 Å². The second-order valence-corrected chi connectivity index (χ2v) is 6.12. The van der Waals surface area contributed by atoms with Gasteiger partial charge in [-0.3, -0.25) is 10.1 Å². The lowest BCUT2D eigenvalue weighted by Crippen LogP contribution is -2.31. The topological polar surface area (TPSA) is 38.3 Å². The first-order valence-corrected chi connectivity index (χ1v) is 7.54. The summed E-state index contributed by atoms with van der Waals surface area (Å²) in [5.74, 6) is 0.846. The maximum atomic E-state index is 11.4. The van der Waals surface area contributed by atoms with Crippen molar-refractivity contribution in [2.75, 3.05) is 6.73 Å². The summed E-state index contributed by atoms with van der Waals surface area (Å²) in [4.78, 5) is 12.3. The van der Waals surface area contributed by atoms with Crippen LogP contribution in [-0.2, 0) is 0 Å². The molecule has 1 aliphatic heterocycles. The van der Waals surface area contributed by atoms with Gasteiger partial charge in [0, 0.05) is 5.56 Å². The van der Waals surface area contributed by atoms with Crippen molar-refractivity contribution in [1.82, 2.24) is 5.32 Å². The molecule has 1 atom stereocenters. The molecule has 6 heteroatoms. The van der Waals surface area contributed by atoms with Crippen LogP contribution in [0.2, 0.25) is 5.02 Å². The highest BCUT2D eigenvalue weighted by Gasteiger charge is 2.26. The Balaban J connectivity index is 2.12. The number of benzene rings is 1. The van der Waals surface area contributed by atoms with Crippen molar-refractivity contribution < 1.29 is 4.74 Å². The number of hydrogen-bond acceptors (Lipinski definition) is 5. The van der Waals surface area contributed by atoms with Crippen molar-refractivity contribution in [2.24, 2.45) is 0 Å². The van der Waals surface area contributed by atoms with Crippen molar-refractivity contribution in [1.29, 1.82) is 0 Å². The molecule has 0 spiro atoms. The van der Waals surface area contributed by atoms with E-state index in [2.05, 4.69) is 5.32 Å². The first-order chi connectivity index (χ1) is 8.27. The Hall–Kier alpha value is -0.880. The first kappa shape index (κ1) is 11.2. The largest absolute Gasteiger partial charge is 0.478 e. The third-order valence-corrected chi connectivity index (χ3v) is 5.51. The average Bonchev–Trinajstić information content (AvgIpc) is 2.69. The smallest absolute Gasteiger partial charge is 0.261 e. The fourth-order valence-electron chi connectivity index (χ4n) is 1.83. The van der Waals surface area contributed by atoms with E-state index in [9.17, 15) is 4.79 Å². The van der Waals surface area contributed by atoms with Crippen molar-refractivity contribution in [2.45, 2.75) is 6.04 Å². The number of halogens is 1. The Kier molecular flexibility index (Phi) is 2.92. The van der Waals surface area contributed by atoms with Gasteiger partial charge in [-0.1, -0.05) is 40.1 Å². The van der Waals surface area contributed by atoms with Gasteiger partial charge in [0.2, 0.25) is 0 Å². The third kappa shape index (κ3) is 1.89. The van der Waals surface area contributed by atoms with Gasteiger partial charge in [0.25, 0.3) is 4.74 Å². The van der Waals surface area contributed by atoms with E-state index in [1.54, 1.807) is 0 Å². The monoisotopic (exact) mass is 285 g/mol. The molecule has 0 amide bonds. The van der Waals surface area contributed by atoms with E-state index in [0.717, 1.165) is 16.2 Å². The van der Waals surface area contributed by atoms with Crippen LogP contribution in [0.15, 0.2) is 29.1 Å². The molecular weight excluding hydrogens is 278 g/mol. The van der Waals surface area contributed by atoms with Crippen LogP contribution in [-0.4, -0.2) is 6.73 Å². The van der Waals surface area contributed by atoms with Gasteiger partial charge in [0.1, 0.15) is 17.5 Å². The van der Waals surface area contributed by atoms with Gasteiger partial charge in [0.15, 0.2) is 0 Å². The van der Waals surface area contributed by atoms with Crippen molar-refractivity contribution in [3.8, 4) is 5.75 Å². The van der Waals surface area contributed by atoms with Crippen molar-refractivity contribution in [3.63, 3.8) is 0 Å². The summed E-state index contributed by atoms with van der Waals surface area (Å²) in [7, 11) is 2.60. The molecule has 1 aromatic heterocycles. The molecule has 1 aliphatic rings. The highest BCUT2D eigenvalue weighted by molar-refractivity contribution is 7.68. The summed E-state index contributed by atoms with van der Waals surface area (Å²) < 4.78 is 5.43. The minimum Gasteiger partial charge on any atom is -0.478 e. The predicted molar refractivity (Wildman–Crippen MR) is 70.4 cm³/mol. The quantitative estimate of drug-likeness (QED) is 0.819. The molecule has 0 fully saturated rings. The normalized spacial score (nSPS) is 18.5. The summed E-state index contributed by atoms with van der Waals surface area (Å²) in [5, 5.41) is 3.55. The van der Waals surface area contributed by atoms with E-state index in [0.29, 0.717) is 11.8 Å². The fraction of sp³-hybridized carbons (Fsp3) is 0.182. The minimum atomic E-state index is -0.0718. The zero-order chi connectivity index (χ0) is 11.8. The van der Waals surface area contributed by atoms with Gasteiger partial charge in [-0.25, -0.2) is 0 Å². The lowest BCUT2D eigenvalue weighted by atomic mass is 10.0. The highest BCUT2D eigenvalue weighted by atomic mass is 35.5. The van der Waals surface area contributed by atoms with Crippen LogP contribution in [0, 0.1) is 0 Å². The Bertz CT molecular complexity index is 608. The number of para-hydroxylation sites is 1. The lowest BCUT2D eigenvalue weighted by Gasteiger charge is -2.26. The van der Waals surface area contributed by atoms with Gasteiger partial charge in [-0.15, -0.1) is 0 Å². The van der Waals surface area contributed by atoms with Crippen LogP contribution in [0.3, 0.4) is 0 Å². The molecule has 0 saturated heterocycles. The van der Waals surface area contributed by atoms with E-state index < -0.39 is 0 Å². The maximum Gasteiger partial charge on any atom is 0.261 e. The second-order valence-electron chi connectivity index (χ2n) is 3.60. The third-order valence-electron chi connectivity index (χ3n) is 2.61. The summed E-state index contributed by atoms with van der Waals surface area (Å²) in [6, 6.07) is 7.74. The summed E-state index contributed by atoms with van der Waals surface area (Å²) in [6.07, 6.45) is 0. The van der Waals surface area contributed by atoms with Gasteiger partial charge < -0.3 is 4.74 Å². The number of fused-ring (bicyclic) bond motifs is 1. The fourth-order valence-corrected chi connectivity index (χ4v) is 4.61. The van der Waals surface area contributed by atoms with Crippen LogP contribution in [0.4, 0.5) is 0 Å². The molecule has 1 N–H and O–H groups in total. The van der Waals surface area contributed by atoms with Crippen LogP contribution in [0.1, 0.15) is 16.5 Å². The first-order valence-electron chi connectivity index (χ1n) is 5.01. The molecule has 3 rings (SSSR count). The standard InChI is InChI=1S/C11H8ClNO2S2/c12-8-10(16-17-11(8)14)9-6-3-1-2-4-7(6)15-5-13-9/h1-4,9,13H,5H2. The van der Waals surface area contributed by atoms with Crippen LogP contribution < -0.4 is 14.8 Å². The number of nitrogens with one attached hydrogen (secondary N) is 1. The molecule has 2 heterocycles. The zero-order valence-corrected chi connectivity index (χ0v) is 11.0. The number of rotatable bonds is 1. The molecular formula is C11H8ClNO2S2. The van der Waals surface area contributed by atoms with Crippen LogP contribution in [0.25, 0.3) is 0 Å². The van der Waals surface area contributed by atoms with E-state index in [1.807, 2.05) is 24.3 Å². The highest BCUT2D eigenvalue weighted by Crippen LogP contribution is 2.37. The molecule has 0 aliphatic carbocycles. The minimum absolute atomic E-state index is 0.0450. The van der Waals surface area contributed by atoms with Gasteiger partial charge in [0.05, 0.1) is 10.9 Å². The molecule has 1 unspecified atom stereocenters. The Morgan fingerprint density at radius 3 is 2.94 bits per heavy atom. The Morgan fingerprint density at radius 1 is 1.35 bits per heavy atom. The molecule has 2 aromatic rings. The number of hydrogen-bond donors (Lipinski definition) is 1. The van der Waals surface area contributed by atoms with Gasteiger partial charge >= 0.3 is 0 Å². The zero-order valence-electron chi connectivity index (χ0n) is 8.60. The molecule has 0 radical (unpaired) electrons. The Labute approximate surface area is 110 Å². The SMILES string of the molecule is O=c1ssc(C2NCOc3ccccc32)c1Cl. The lowest BCUT2D eigenvalue weighted by molar-refractivity contribution is 0.244. The Morgan fingerprint density at radius 2 is 2.18 bits per heavy atom. The van der Waals surface area contributed by atoms with Crippen molar-refractivity contribution >= 4 is 32.3 Å².